The van der Waals surface area contributed by atoms with Gasteiger partial charge in [-0.1, -0.05) is 12.1 Å². The van der Waals surface area contributed by atoms with Gasteiger partial charge in [0.2, 0.25) is 0 Å². The highest BCUT2D eigenvalue weighted by atomic mass is 19.1. The lowest BCUT2D eigenvalue weighted by atomic mass is 10.1. The molecule has 0 atom stereocenters. The number of halogens is 1. The maximum atomic E-state index is 12.8. The number of benzene rings is 2. The molecule has 0 aromatic heterocycles. The molecule has 2 aromatic rings. The molecule has 0 unspecified atom stereocenters. The van der Waals surface area contributed by atoms with Gasteiger partial charge in [0, 0.05) is 5.69 Å². The normalized spacial score (nSPS) is 10.6. The first kappa shape index (κ1) is 18.6. The van der Waals surface area contributed by atoms with Crippen LogP contribution in [0.25, 0.3) is 0 Å². The smallest absolute Gasteiger partial charge is 0.338 e. The third-order valence-corrected chi connectivity index (χ3v) is 3.24. The lowest BCUT2D eigenvalue weighted by Crippen LogP contribution is -2.20. The zero-order valence-corrected chi connectivity index (χ0v) is 14.1. The molecule has 0 aliphatic rings. The quantitative estimate of drug-likeness (QED) is 0.780. The molecule has 0 spiro atoms. The molecule has 0 saturated carbocycles. The average Bonchev–Trinajstić information content (AvgIpc) is 2.60. The fourth-order valence-corrected chi connectivity index (χ4v) is 1.94. The molecular weight excluding hydrogens is 325 g/mol. The van der Waals surface area contributed by atoms with E-state index in [0.717, 1.165) is 5.56 Å². The summed E-state index contributed by atoms with van der Waals surface area (Å²) in [5, 5.41) is 2.51. The van der Waals surface area contributed by atoms with Crippen LogP contribution in [-0.4, -0.2) is 24.6 Å². The number of hydrogen-bond donors (Lipinski definition) is 1. The summed E-state index contributed by atoms with van der Waals surface area (Å²) >= 11 is 0. The summed E-state index contributed by atoms with van der Waals surface area (Å²) in [6, 6.07) is 12.1. The molecule has 6 heteroatoms. The van der Waals surface area contributed by atoms with Gasteiger partial charge in [-0.05, 0) is 55.8 Å². The minimum absolute atomic E-state index is 0.129. The van der Waals surface area contributed by atoms with Crippen molar-refractivity contribution in [3.8, 4) is 0 Å². The van der Waals surface area contributed by atoms with E-state index in [-0.39, 0.29) is 6.10 Å². The molecule has 25 heavy (non-hydrogen) atoms. The van der Waals surface area contributed by atoms with Gasteiger partial charge in [-0.15, -0.1) is 0 Å². The van der Waals surface area contributed by atoms with Crippen molar-refractivity contribution < 1.29 is 23.5 Å². The van der Waals surface area contributed by atoms with Crippen LogP contribution in [0.4, 0.5) is 10.1 Å². The van der Waals surface area contributed by atoms with Gasteiger partial charge in [0.15, 0.2) is 6.61 Å². The summed E-state index contributed by atoms with van der Waals surface area (Å²) in [5.41, 5.74) is 1.72. The second-order valence-corrected chi connectivity index (χ2v) is 5.69. The first-order valence-corrected chi connectivity index (χ1v) is 7.87. The SMILES string of the molecule is CC(C)OCc1ccc(C(=O)OCC(=O)Nc2ccc(F)cc2)cc1. The van der Waals surface area contributed by atoms with Crippen LogP contribution in [-0.2, 0) is 20.9 Å². The van der Waals surface area contributed by atoms with Crippen LogP contribution in [0.3, 0.4) is 0 Å². The molecule has 0 saturated heterocycles. The molecule has 0 aliphatic heterocycles. The topological polar surface area (TPSA) is 64.6 Å². The van der Waals surface area contributed by atoms with E-state index in [1.807, 2.05) is 13.8 Å². The van der Waals surface area contributed by atoms with Crippen molar-refractivity contribution in [2.45, 2.75) is 26.6 Å². The molecule has 2 aromatic carbocycles. The van der Waals surface area contributed by atoms with Crippen molar-refractivity contribution in [1.82, 2.24) is 0 Å². The molecule has 0 fully saturated rings. The number of hydrogen-bond acceptors (Lipinski definition) is 4. The summed E-state index contributed by atoms with van der Waals surface area (Å²) in [5.74, 6) is -1.49. The largest absolute Gasteiger partial charge is 0.452 e. The van der Waals surface area contributed by atoms with E-state index < -0.39 is 24.3 Å². The van der Waals surface area contributed by atoms with Crippen molar-refractivity contribution in [3.63, 3.8) is 0 Å². The van der Waals surface area contributed by atoms with E-state index >= 15 is 0 Å². The van der Waals surface area contributed by atoms with Crippen LogP contribution in [0.2, 0.25) is 0 Å². The minimum Gasteiger partial charge on any atom is -0.452 e. The Hall–Kier alpha value is -2.73. The number of ether oxygens (including phenoxy) is 2. The molecule has 0 heterocycles. The highest BCUT2D eigenvalue weighted by Crippen LogP contribution is 2.10. The lowest BCUT2D eigenvalue weighted by Gasteiger charge is -2.09. The van der Waals surface area contributed by atoms with Crippen LogP contribution in [0.1, 0.15) is 29.8 Å². The Kier molecular flexibility index (Phi) is 6.65. The molecular formula is C19H20FNO4. The predicted octanol–water partition coefficient (Wildman–Crippen LogP) is 3.55. The van der Waals surface area contributed by atoms with Gasteiger partial charge in [-0.25, -0.2) is 9.18 Å². The van der Waals surface area contributed by atoms with Crippen molar-refractivity contribution in [3.05, 3.63) is 65.5 Å². The van der Waals surface area contributed by atoms with Crippen LogP contribution >= 0.6 is 0 Å². The van der Waals surface area contributed by atoms with Gasteiger partial charge >= 0.3 is 5.97 Å². The Morgan fingerprint density at radius 3 is 2.28 bits per heavy atom. The van der Waals surface area contributed by atoms with E-state index in [1.165, 1.54) is 24.3 Å². The number of rotatable bonds is 7. The molecule has 1 amide bonds. The fraction of sp³-hybridized carbons (Fsp3) is 0.263. The molecule has 132 valence electrons. The fourth-order valence-electron chi connectivity index (χ4n) is 1.94. The Morgan fingerprint density at radius 2 is 1.68 bits per heavy atom. The van der Waals surface area contributed by atoms with Gasteiger partial charge in [0.25, 0.3) is 5.91 Å². The maximum absolute atomic E-state index is 12.8. The Balaban J connectivity index is 1.81. The van der Waals surface area contributed by atoms with Crippen molar-refractivity contribution in [2.24, 2.45) is 0 Å². The zero-order valence-electron chi connectivity index (χ0n) is 14.1. The summed E-state index contributed by atoms with van der Waals surface area (Å²) in [7, 11) is 0. The number of anilines is 1. The molecule has 2 rings (SSSR count). The summed E-state index contributed by atoms with van der Waals surface area (Å²) in [4.78, 5) is 23.7. The van der Waals surface area contributed by atoms with Gasteiger partial charge in [0.05, 0.1) is 18.3 Å². The van der Waals surface area contributed by atoms with E-state index in [2.05, 4.69) is 5.32 Å². The first-order chi connectivity index (χ1) is 11.9. The van der Waals surface area contributed by atoms with Gasteiger partial charge < -0.3 is 14.8 Å². The minimum atomic E-state index is -0.592. The monoisotopic (exact) mass is 345 g/mol. The van der Waals surface area contributed by atoms with Crippen LogP contribution in [0, 0.1) is 5.82 Å². The summed E-state index contributed by atoms with van der Waals surface area (Å²) in [6.45, 7) is 3.94. The number of carbonyl (C=O) groups excluding carboxylic acids is 2. The molecule has 0 aliphatic carbocycles. The highest BCUT2D eigenvalue weighted by molar-refractivity contribution is 5.95. The van der Waals surface area contributed by atoms with Crippen molar-refractivity contribution in [2.75, 3.05) is 11.9 Å². The molecule has 5 nitrogen and oxygen atoms in total. The van der Waals surface area contributed by atoms with Gasteiger partial charge in [-0.2, -0.15) is 0 Å². The molecule has 1 N–H and O–H groups in total. The Bertz CT molecular complexity index is 711. The number of esters is 1. The standard InChI is InChI=1S/C19H20FNO4/c1-13(2)24-11-14-3-5-15(6-4-14)19(23)25-12-18(22)21-17-9-7-16(20)8-10-17/h3-10,13H,11-12H2,1-2H3,(H,21,22). The van der Waals surface area contributed by atoms with E-state index in [1.54, 1.807) is 24.3 Å². The molecule has 0 bridgehead atoms. The van der Waals surface area contributed by atoms with Crippen LogP contribution in [0.5, 0.6) is 0 Å². The van der Waals surface area contributed by atoms with E-state index in [0.29, 0.717) is 17.9 Å². The Labute approximate surface area is 145 Å². The molecule has 0 radical (unpaired) electrons. The third-order valence-electron chi connectivity index (χ3n) is 3.24. The zero-order chi connectivity index (χ0) is 18.2. The summed E-state index contributed by atoms with van der Waals surface area (Å²) in [6.07, 6.45) is 0.129. The van der Waals surface area contributed by atoms with Crippen LogP contribution in [0.15, 0.2) is 48.5 Å². The number of amides is 1. The lowest BCUT2D eigenvalue weighted by molar-refractivity contribution is -0.119. The first-order valence-electron chi connectivity index (χ1n) is 7.87. The van der Waals surface area contributed by atoms with E-state index in [9.17, 15) is 14.0 Å². The van der Waals surface area contributed by atoms with Gasteiger partial charge in [0.1, 0.15) is 5.82 Å². The van der Waals surface area contributed by atoms with Gasteiger partial charge in [-0.3, -0.25) is 4.79 Å². The number of nitrogens with one attached hydrogen (secondary N) is 1. The Morgan fingerprint density at radius 1 is 1.04 bits per heavy atom. The maximum Gasteiger partial charge on any atom is 0.338 e. The summed E-state index contributed by atoms with van der Waals surface area (Å²) < 4.78 is 23.2. The average molecular weight is 345 g/mol. The second kappa shape index (κ2) is 8.94. The number of carbonyl (C=O) groups is 2. The highest BCUT2D eigenvalue weighted by Gasteiger charge is 2.10. The third kappa shape index (κ3) is 6.35. The van der Waals surface area contributed by atoms with E-state index in [4.69, 9.17) is 9.47 Å². The predicted molar refractivity (Wildman–Crippen MR) is 91.7 cm³/mol. The van der Waals surface area contributed by atoms with Crippen molar-refractivity contribution in [1.29, 1.82) is 0 Å². The van der Waals surface area contributed by atoms with Crippen molar-refractivity contribution >= 4 is 17.6 Å². The van der Waals surface area contributed by atoms with Crippen LogP contribution < -0.4 is 5.32 Å². The second-order valence-electron chi connectivity index (χ2n) is 5.69.